The van der Waals surface area contributed by atoms with E-state index in [0.717, 1.165) is 26.1 Å². The summed E-state index contributed by atoms with van der Waals surface area (Å²) in [6, 6.07) is 4.34. The maximum atomic E-state index is 9.23. The highest BCUT2D eigenvalue weighted by Crippen LogP contribution is 2.38. The molecular weight excluding hydrogens is 176 g/mol. The zero-order valence-electron chi connectivity index (χ0n) is 8.12. The molecule has 2 nitrogen and oxygen atoms in total. The molecule has 2 aliphatic rings. The Kier molecular flexibility index (Phi) is 1.85. The number of ether oxygens (including phenoxy) is 1. The second kappa shape index (κ2) is 3.07. The maximum absolute atomic E-state index is 9.23. The van der Waals surface area contributed by atoms with E-state index >= 15 is 0 Å². The molecule has 0 aromatic heterocycles. The van der Waals surface area contributed by atoms with Crippen molar-refractivity contribution in [2.24, 2.45) is 0 Å². The van der Waals surface area contributed by atoms with Gasteiger partial charge in [-0.1, -0.05) is 12.1 Å². The Hall–Kier alpha value is -0.860. The number of benzene rings is 1. The van der Waals surface area contributed by atoms with Gasteiger partial charge in [-0.05, 0) is 35.1 Å². The van der Waals surface area contributed by atoms with Gasteiger partial charge in [0.05, 0.1) is 13.2 Å². The van der Waals surface area contributed by atoms with E-state index in [2.05, 4.69) is 12.1 Å². The Morgan fingerprint density at radius 2 is 2.21 bits per heavy atom. The van der Waals surface area contributed by atoms with E-state index in [9.17, 15) is 5.11 Å². The van der Waals surface area contributed by atoms with Gasteiger partial charge in [-0.25, -0.2) is 0 Å². The van der Waals surface area contributed by atoms with Crippen LogP contribution in [0.15, 0.2) is 12.1 Å². The van der Waals surface area contributed by atoms with Gasteiger partial charge in [-0.3, -0.25) is 0 Å². The molecule has 1 unspecified atom stereocenters. The van der Waals surface area contributed by atoms with Crippen molar-refractivity contribution in [3.63, 3.8) is 0 Å². The zero-order valence-corrected chi connectivity index (χ0v) is 8.12. The van der Waals surface area contributed by atoms with E-state index < -0.39 is 0 Å². The number of aliphatic hydroxyl groups is 1. The van der Waals surface area contributed by atoms with Crippen molar-refractivity contribution in [1.82, 2.24) is 0 Å². The van der Waals surface area contributed by atoms with Crippen molar-refractivity contribution in [2.45, 2.75) is 32.0 Å². The monoisotopic (exact) mass is 190 g/mol. The molecule has 1 heterocycles. The van der Waals surface area contributed by atoms with Crippen molar-refractivity contribution in [2.75, 3.05) is 6.61 Å². The third-order valence-corrected chi connectivity index (χ3v) is 3.47. The molecule has 14 heavy (non-hydrogen) atoms. The lowest BCUT2D eigenvalue weighted by atomic mass is 9.97. The van der Waals surface area contributed by atoms with E-state index in [1.165, 1.54) is 22.3 Å². The van der Waals surface area contributed by atoms with Gasteiger partial charge in [-0.2, -0.15) is 0 Å². The quantitative estimate of drug-likeness (QED) is 0.731. The van der Waals surface area contributed by atoms with E-state index in [4.69, 9.17) is 4.74 Å². The predicted octanol–water partition coefficient (Wildman–Crippen LogP) is 1.74. The van der Waals surface area contributed by atoms with Crippen LogP contribution in [0.5, 0.6) is 0 Å². The first-order valence-corrected chi connectivity index (χ1v) is 5.22. The van der Waals surface area contributed by atoms with Crippen LogP contribution in [0.1, 0.15) is 34.6 Å². The van der Waals surface area contributed by atoms with Crippen molar-refractivity contribution >= 4 is 0 Å². The Bertz CT molecular complexity index is 371. The number of aliphatic hydroxyl groups excluding tert-OH is 1. The summed E-state index contributed by atoms with van der Waals surface area (Å²) in [6.45, 7) is 1.83. The Balaban J connectivity index is 2.12. The molecule has 1 aromatic rings. The lowest BCUT2D eigenvalue weighted by Gasteiger charge is -2.09. The van der Waals surface area contributed by atoms with Crippen LogP contribution in [-0.4, -0.2) is 11.7 Å². The normalized spacial score (nSPS) is 23.6. The first kappa shape index (κ1) is 8.45. The highest BCUT2D eigenvalue weighted by atomic mass is 16.5. The third kappa shape index (κ3) is 1.04. The van der Waals surface area contributed by atoms with Gasteiger partial charge in [0.1, 0.15) is 0 Å². The molecule has 0 fully saturated rings. The molecule has 1 N–H and O–H groups in total. The van der Waals surface area contributed by atoms with Crippen LogP contribution in [0, 0.1) is 0 Å². The predicted molar refractivity (Wildman–Crippen MR) is 53.1 cm³/mol. The second-order valence-corrected chi connectivity index (χ2v) is 4.18. The molecule has 1 aliphatic heterocycles. The van der Waals surface area contributed by atoms with Crippen molar-refractivity contribution in [3.8, 4) is 0 Å². The fourth-order valence-electron chi connectivity index (χ4n) is 2.68. The van der Waals surface area contributed by atoms with Gasteiger partial charge in [0.25, 0.3) is 0 Å². The largest absolute Gasteiger partial charge is 0.396 e. The highest BCUT2D eigenvalue weighted by Gasteiger charge is 2.27. The summed E-state index contributed by atoms with van der Waals surface area (Å²) in [4.78, 5) is 0. The fourth-order valence-corrected chi connectivity index (χ4v) is 2.68. The SMILES string of the molecule is OCC1CCc2c1ccc1c2COC1. The molecule has 0 saturated carbocycles. The minimum absolute atomic E-state index is 0.284. The van der Waals surface area contributed by atoms with Crippen LogP contribution in [0.25, 0.3) is 0 Å². The molecule has 0 bridgehead atoms. The minimum Gasteiger partial charge on any atom is -0.396 e. The first-order chi connectivity index (χ1) is 6.90. The zero-order chi connectivity index (χ0) is 9.54. The lowest BCUT2D eigenvalue weighted by Crippen LogP contribution is -1.99. The van der Waals surface area contributed by atoms with E-state index in [0.29, 0.717) is 5.92 Å². The molecule has 0 amide bonds. The van der Waals surface area contributed by atoms with Crippen LogP contribution in [0.4, 0.5) is 0 Å². The molecule has 0 spiro atoms. The molecule has 0 radical (unpaired) electrons. The van der Waals surface area contributed by atoms with E-state index in [1.54, 1.807) is 0 Å². The van der Waals surface area contributed by atoms with Gasteiger partial charge in [0, 0.05) is 12.5 Å². The van der Waals surface area contributed by atoms with Gasteiger partial charge in [0.2, 0.25) is 0 Å². The number of rotatable bonds is 1. The number of fused-ring (bicyclic) bond motifs is 3. The van der Waals surface area contributed by atoms with Gasteiger partial charge >= 0.3 is 0 Å². The Morgan fingerprint density at radius 1 is 1.29 bits per heavy atom. The van der Waals surface area contributed by atoms with Crippen LogP contribution in [0.2, 0.25) is 0 Å². The summed E-state index contributed by atoms with van der Waals surface area (Å²) in [6.07, 6.45) is 2.22. The summed E-state index contributed by atoms with van der Waals surface area (Å²) < 4.78 is 5.45. The van der Waals surface area contributed by atoms with Gasteiger partial charge in [-0.15, -0.1) is 0 Å². The average molecular weight is 190 g/mol. The molecular formula is C12H14O2. The maximum Gasteiger partial charge on any atom is 0.0727 e. The summed E-state index contributed by atoms with van der Waals surface area (Å²) in [5, 5.41) is 9.23. The van der Waals surface area contributed by atoms with Crippen LogP contribution in [-0.2, 0) is 24.4 Å². The molecule has 1 aromatic carbocycles. The van der Waals surface area contributed by atoms with Crippen LogP contribution < -0.4 is 0 Å². The Morgan fingerprint density at radius 3 is 3.07 bits per heavy atom. The molecule has 2 heteroatoms. The summed E-state index contributed by atoms with van der Waals surface area (Å²) >= 11 is 0. The molecule has 74 valence electrons. The summed E-state index contributed by atoms with van der Waals surface area (Å²) in [5.41, 5.74) is 5.57. The smallest absolute Gasteiger partial charge is 0.0727 e. The van der Waals surface area contributed by atoms with Crippen LogP contribution >= 0.6 is 0 Å². The minimum atomic E-state index is 0.284. The topological polar surface area (TPSA) is 29.5 Å². The van der Waals surface area contributed by atoms with Crippen molar-refractivity contribution in [3.05, 3.63) is 34.4 Å². The lowest BCUT2D eigenvalue weighted by molar-refractivity contribution is 0.134. The summed E-state index contributed by atoms with van der Waals surface area (Å²) in [5.74, 6) is 0.371. The average Bonchev–Trinajstić information content (AvgIpc) is 2.82. The van der Waals surface area contributed by atoms with Gasteiger partial charge in [0.15, 0.2) is 0 Å². The first-order valence-electron chi connectivity index (χ1n) is 5.22. The highest BCUT2D eigenvalue weighted by molar-refractivity contribution is 5.46. The summed E-state index contributed by atoms with van der Waals surface area (Å²) in [7, 11) is 0. The molecule has 0 saturated heterocycles. The van der Waals surface area contributed by atoms with E-state index in [1.807, 2.05) is 0 Å². The molecule has 1 atom stereocenters. The van der Waals surface area contributed by atoms with Gasteiger partial charge < -0.3 is 9.84 Å². The fraction of sp³-hybridized carbons (Fsp3) is 0.500. The van der Waals surface area contributed by atoms with E-state index in [-0.39, 0.29) is 6.61 Å². The second-order valence-electron chi connectivity index (χ2n) is 4.18. The van der Waals surface area contributed by atoms with Crippen LogP contribution in [0.3, 0.4) is 0 Å². The molecule has 3 rings (SSSR count). The standard InChI is InChI=1S/C12H14O2/c13-5-8-1-4-11-10(8)3-2-9-6-14-7-12(9)11/h2-3,8,13H,1,4-7H2. The molecule has 1 aliphatic carbocycles. The van der Waals surface area contributed by atoms with Crippen molar-refractivity contribution < 1.29 is 9.84 Å². The van der Waals surface area contributed by atoms with Crippen molar-refractivity contribution in [1.29, 1.82) is 0 Å². The third-order valence-electron chi connectivity index (χ3n) is 3.47. The number of hydrogen-bond donors (Lipinski definition) is 1. The number of hydrogen-bond acceptors (Lipinski definition) is 2. The Labute approximate surface area is 83.5 Å².